The van der Waals surface area contributed by atoms with Crippen LogP contribution in [0.3, 0.4) is 0 Å². The Morgan fingerprint density at radius 2 is 1.79 bits per heavy atom. The monoisotopic (exact) mass is 445 g/mol. The third-order valence-electron chi connectivity index (χ3n) is 6.39. The SMILES string of the molecule is CCNC(=O)C1(Cc2ccccc2-c2cccc(F)c2)CCN(C(=O)c2ccccn2)CC1. The Morgan fingerprint density at radius 1 is 1.03 bits per heavy atom. The Labute approximate surface area is 193 Å². The first-order valence-electron chi connectivity index (χ1n) is 11.3. The number of pyridine rings is 1. The summed E-state index contributed by atoms with van der Waals surface area (Å²) < 4.78 is 13.9. The maximum absolute atomic E-state index is 13.9. The molecule has 3 aromatic rings. The predicted molar refractivity (Wildman–Crippen MR) is 126 cm³/mol. The van der Waals surface area contributed by atoms with Crippen LogP contribution in [0.1, 0.15) is 35.8 Å². The van der Waals surface area contributed by atoms with Crippen molar-refractivity contribution in [2.75, 3.05) is 19.6 Å². The first kappa shape index (κ1) is 22.6. The first-order valence-corrected chi connectivity index (χ1v) is 11.3. The lowest BCUT2D eigenvalue weighted by Gasteiger charge is -2.41. The van der Waals surface area contributed by atoms with Crippen molar-refractivity contribution in [2.45, 2.75) is 26.2 Å². The van der Waals surface area contributed by atoms with Gasteiger partial charge in [-0.3, -0.25) is 14.6 Å². The molecule has 2 amide bonds. The van der Waals surface area contributed by atoms with Gasteiger partial charge in [0.15, 0.2) is 0 Å². The summed E-state index contributed by atoms with van der Waals surface area (Å²) in [6.45, 7) is 3.41. The number of aromatic nitrogens is 1. The Morgan fingerprint density at radius 3 is 2.48 bits per heavy atom. The number of carbonyl (C=O) groups excluding carboxylic acids is 2. The minimum atomic E-state index is -0.639. The topological polar surface area (TPSA) is 62.3 Å². The molecule has 0 bridgehead atoms. The van der Waals surface area contributed by atoms with Crippen molar-refractivity contribution in [3.05, 3.63) is 90.0 Å². The van der Waals surface area contributed by atoms with Gasteiger partial charge in [0.2, 0.25) is 5.91 Å². The van der Waals surface area contributed by atoms with Crippen LogP contribution in [0, 0.1) is 11.2 Å². The van der Waals surface area contributed by atoms with Crippen LogP contribution < -0.4 is 5.32 Å². The van der Waals surface area contributed by atoms with Crippen LogP contribution in [0.2, 0.25) is 0 Å². The van der Waals surface area contributed by atoms with Gasteiger partial charge in [-0.15, -0.1) is 0 Å². The number of amides is 2. The fourth-order valence-corrected chi connectivity index (χ4v) is 4.60. The molecule has 0 atom stereocenters. The number of carbonyl (C=O) groups is 2. The number of hydrogen-bond acceptors (Lipinski definition) is 3. The van der Waals surface area contributed by atoms with E-state index in [1.54, 1.807) is 35.4 Å². The van der Waals surface area contributed by atoms with Gasteiger partial charge in [0.05, 0.1) is 5.41 Å². The van der Waals surface area contributed by atoms with Crippen molar-refractivity contribution in [2.24, 2.45) is 5.41 Å². The van der Waals surface area contributed by atoms with Gasteiger partial charge in [-0.1, -0.05) is 42.5 Å². The van der Waals surface area contributed by atoms with Crippen LogP contribution in [0.15, 0.2) is 72.9 Å². The van der Waals surface area contributed by atoms with Gasteiger partial charge in [-0.05, 0) is 67.1 Å². The van der Waals surface area contributed by atoms with E-state index in [9.17, 15) is 14.0 Å². The highest BCUT2D eigenvalue weighted by Gasteiger charge is 2.42. The van der Waals surface area contributed by atoms with Crippen molar-refractivity contribution in [1.82, 2.24) is 15.2 Å². The highest BCUT2D eigenvalue weighted by molar-refractivity contribution is 5.92. The van der Waals surface area contributed by atoms with Crippen molar-refractivity contribution in [1.29, 1.82) is 0 Å². The number of benzene rings is 2. The summed E-state index contributed by atoms with van der Waals surface area (Å²) in [5, 5.41) is 3.01. The molecule has 2 heterocycles. The number of piperidine rings is 1. The van der Waals surface area contributed by atoms with Crippen LogP contribution in [0.25, 0.3) is 11.1 Å². The molecule has 6 heteroatoms. The van der Waals surface area contributed by atoms with Gasteiger partial charge < -0.3 is 10.2 Å². The van der Waals surface area contributed by atoms with Crippen LogP contribution >= 0.6 is 0 Å². The van der Waals surface area contributed by atoms with Crippen LogP contribution in [0.5, 0.6) is 0 Å². The van der Waals surface area contributed by atoms with Crippen molar-refractivity contribution in [3.8, 4) is 11.1 Å². The second-order valence-corrected chi connectivity index (χ2v) is 8.49. The zero-order chi connectivity index (χ0) is 23.3. The number of likely N-dealkylation sites (tertiary alicyclic amines) is 1. The molecule has 0 saturated carbocycles. The van der Waals surface area contributed by atoms with Crippen LogP contribution in [-0.2, 0) is 11.2 Å². The molecule has 0 unspecified atom stereocenters. The Balaban J connectivity index is 1.60. The normalized spacial score (nSPS) is 15.2. The molecule has 5 nitrogen and oxygen atoms in total. The third kappa shape index (κ3) is 4.95. The molecule has 0 aliphatic carbocycles. The standard InChI is InChI=1S/C27H28FN3O2/c1-2-29-26(33)27(13-16-31(17-14-27)25(32)24-12-5-6-15-30-24)19-21-8-3-4-11-23(21)20-9-7-10-22(28)18-20/h3-12,15,18H,2,13-14,16-17,19H2,1H3,(H,29,33). The molecule has 1 saturated heterocycles. The minimum Gasteiger partial charge on any atom is -0.356 e. The molecule has 1 aromatic heterocycles. The zero-order valence-corrected chi connectivity index (χ0v) is 18.8. The smallest absolute Gasteiger partial charge is 0.272 e. The Bertz CT molecular complexity index is 1120. The average Bonchev–Trinajstić information content (AvgIpc) is 2.85. The molecule has 1 aliphatic heterocycles. The summed E-state index contributed by atoms with van der Waals surface area (Å²) in [6.07, 6.45) is 3.24. The highest BCUT2D eigenvalue weighted by Crippen LogP contribution is 2.38. The summed E-state index contributed by atoms with van der Waals surface area (Å²) in [7, 11) is 0. The maximum atomic E-state index is 13.9. The summed E-state index contributed by atoms with van der Waals surface area (Å²) in [5.74, 6) is -0.397. The number of nitrogens with one attached hydrogen (secondary N) is 1. The molecule has 0 radical (unpaired) electrons. The predicted octanol–water partition coefficient (Wildman–Crippen LogP) is 4.49. The first-order chi connectivity index (χ1) is 16.0. The lowest BCUT2D eigenvalue weighted by molar-refractivity contribution is -0.133. The van der Waals surface area contributed by atoms with Gasteiger partial charge in [-0.2, -0.15) is 0 Å². The van der Waals surface area contributed by atoms with Crippen molar-refractivity contribution < 1.29 is 14.0 Å². The minimum absolute atomic E-state index is 0.00369. The molecule has 4 rings (SSSR count). The van der Waals surface area contributed by atoms with E-state index in [1.807, 2.05) is 37.3 Å². The summed E-state index contributed by atoms with van der Waals surface area (Å²) in [5.41, 5.74) is 2.49. The molecule has 1 N–H and O–H groups in total. The second-order valence-electron chi connectivity index (χ2n) is 8.49. The van der Waals surface area contributed by atoms with E-state index in [-0.39, 0.29) is 17.6 Å². The summed E-state index contributed by atoms with van der Waals surface area (Å²) >= 11 is 0. The lowest BCUT2D eigenvalue weighted by atomic mass is 9.72. The van der Waals surface area contributed by atoms with E-state index in [0.29, 0.717) is 44.6 Å². The summed E-state index contributed by atoms with van der Waals surface area (Å²) in [4.78, 5) is 32.1. The fraction of sp³-hybridized carbons (Fsp3) is 0.296. The van der Waals surface area contributed by atoms with Crippen LogP contribution in [-0.4, -0.2) is 41.3 Å². The molecule has 0 spiro atoms. The average molecular weight is 446 g/mol. The third-order valence-corrected chi connectivity index (χ3v) is 6.39. The molecule has 2 aromatic carbocycles. The number of hydrogen-bond donors (Lipinski definition) is 1. The van der Waals surface area contributed by atoms with Gasteiger partial charge in [0.25, 0.3) is 5.91 Å². The van der Waals surface area contributed by atoms with E-state index in [1.165, 1.54) is 12.1 Å². The quantitative estimate of drug-likeness (QED) is 0.608. The molecular formula is C27H28FN3O2. The maximum Gasteiger partial charge on any atom is 0.272 e. The van der Waals surface area contributed by atoms with E-state index >= 15 is 0 Å². The van der Waals surface area contributed by atoms with Crippen molar-refractivity contribution >= 4 is 11.8 Å². The van der Waals surface area contributed by atoms with E-state index in [0.717, 1.165) is 16.7 Å². The van der Waals surface area contributed by atoms with Gasteiger partial charge in [-0.25, -0.2) is 4.39 Å². The molecule has 33 heavy (non-hydrogen) atoms. The highest BCUT2D eigenvalue weighted by atomic mass is 19.1. The van der Waals surface area contributed by atoms with Gasteiger partial charge in [0.1, 0.15) is 11.5 Å². The molecular weight excluding hydrogens is 417 g/mol. The van der Waals surface area contributed by atoms with Gasteiger partial charge in [0, 0.05) is 25.8 Å². The molecule has 170 valence electrons. The van der Waals surface area contributed by atoms with E-state index in [4.69, 9.17) is 0 Å². The number of nitrogens with zero attached hydrogens (tertiary/aromatic N) is 2. The van der Waals surface area contributed by atoms with E-state index in [2.05, 4.69) is 10.3 Å². The Hall–Kier alpha value is -3.54. The van der Waals surface area contributed by atoms with E-state index < -0.39 is 5.41 Å². The zero-order valence-electron chi connectivity index (χ0n) is 18.8. The van der Waals surface area contributed by atoms with Crippen LogP contribution in [0.4, 0.5) is 4.39 Å². The molecule has 1 aliphatic rings. The summed E-state index contributed by atoms with van der Waals surface area (Å²) in [6, 6.07) is 19.7. The number of halogens is 1. The number of rotatable bonds is 6. The fourth-order valence-electron chi connectivity index (χ4n) is 4.60. The van der Waals surface area contributed by atoms with Crippen molar-refractivity contribution in [3.63, 3.8) is 0 Å². The Kier molecular flexibility index (Phi) is 6.82. The largest absolute Gasteiger partial charge is 0.356 e. The molecule has 1 fully saturated rings. The lowest BCUT2D eigenvalue weighted by Crippen LogP contribution is -2.51. The van der Waals surface area contributed by atoms with Gasteiger partial charge >= 0.3 is 0 Å². The second kappa shape index (κ2) is 9.94.